The van der Waals surface area contributed by atoms with E-state index in [1.807, 2.05) is 17.5 Å². The molecule has 1 heterocycles. The number of carbonyl (C=O) groups excluding carboxylic acids is 2. The van der Waals surface area contributed by atoms with Crippen molar-refractivity contribution in [2.45, 2.75) is 26.2 Å². The minimum absolute atomic E-state index is 0.268. The summed E-state index contributed by atoms with van der Waals surface area (Å²) in [6.07, 6.45) is 1.77. The van der Waals surface area contributed by atoms with Crippen molar-refractivity contribution in [2.75, 3.05) is 11.9 Å². The second kappa shape index (κ2) is 8.43. The van der Waals surface area contributed by atoms with Gasteiger partial charge < -0.3 is 10.1 Å². The summed E-state index contributed by atoms with van der Waals surface area (Å²) in [6.45, 7) is 1.27. The van der Waals surface area contributed by atoms with Crippen LogP contribution in [-0.4, -0.2) is 18.5 Å². The lowest BCUT2D eigenvalue weighted by atomic mass is 10.2. The van der Waals surface area contributed by atoms with E-state index in [0.717, 1.165) is 6.42 Å². The molecule has 2 rings (SSSR count). The lowest BCUT2D eigenvalue weighted by Gasteiger charge is -2.07. The summed E-state index contributed by atoms with van der Waals surface area (Å²) in [7, 11) is 0. The maximum atomic E-state index is 13.4. The molecule has 0 fully saturated rings. The maximum Gasteiger partial charge on any atom is 0.306 e. The van der Waals surface area contributed by atoms with Crippen LogP contribution < -0.4 is 5.32 Å². The van der Waals surface area contributed by atoms with Crippen LogP contribution in [0.15, 0.2) is 35.7 Å². The number of ether oxygens (including phenoxy) is 1. The normalized spacial score (nSPS) is 10.3. The predicted molar refractivity (Wildman–Crippen MR) is 88.0 cm³/mol. The fourth-order valence-electron chi connectivity index (χ4n) is 1.95. The van der Waals surface area contributed by atoms with Gasteiger partial charge in [-0.3, -0.25) is 9.59 Å². The van der Waals surface area contributed by atoms with E-state index < -0.39 is 17.7 Å². The van der Waals surface area contributed by atoms with Gasteiger partial charge in [-0.05, 0) is 48.9 Å². The molecule has 23 heavy (non-hydrogen) atoms. The van der Waals surface area contributed by atoms with Gasteiger partial charge in [0.1, 0.15) is 5.82 Å². The first-order chi connectivity index (χ1) is 11.0. The van der Waals surface area contributed by atoms with Crippen molar-refractivity contribution < 1.29 is 18.7 Å². The monoisotopic (exact) mass is 335 g/mol. The molecule has 1 aromatic heterocycles. The Morgan fingerprint density at radius 2 is 2.13 bits per heavy atom. The average Bonchev–Trinajstić information content (AvgIpc) is 3.02. The zero-order valence-electron chi connectivity index (χ0n) is 12.8. The number of hydrogen-bond donors (Lipinski definition) is 1. The molecule has 0 unspecified atom stereocenters. The van der Waals surface area contributed by atoms with Crippen LogP contribution in [0.3, 0.4) is 0 Å². The zero-order valence-corrected chi connectivity index (χ0v) is 13.6. The van der Waals surface area contributed by atoms with E-state index >= 15 is 0 Å². The highest BCUT2D eigenvalue weighted by Gasteiger charge is 2.09. The molecule has 6 heteroatoms. The van der Waals surface area contributed by atoms with Gasteiger partial charge in [-0.2, -0.15) is 0 Å². The molecule has 0 radical (unpaired) electrons. The first kappa shape index (κ1) is 17.1. The number of halogens is 1. The molecule has 0 spiro atoms. The van der Waals surface area contributed by atoms with Gasteiger partial charge in [0.25, 0.3) is 5.91 Å². The van der Waals surface area contributed by atoms with Crippen LogP contribution >= 0.6 is 11.3 Å². The van der Waals surface area contributed by atoms with Gasteiger partial charge in [0.05, 0.1) is 0 Å². The van der Waals surface area contributed by atoms with E-state index in [-0.39, 0.29) is 13.0 Å². The molecule has 4 nitrogen and oxygen atoms in total. The Morgan fingerprint density at radius 1 is 1.30 bits per heavy atom. The number of rotatable bonds is 7. The Balaban J connectivity index is 1.67. The number of esters is 1. The molecule has 0 saturated heterocycles. The first-order valence-electron chi connectivity index (χ1n) is 7.28. The minimum atomic E-state index is -0.486. The highest BCUT2D eigenvalue weighted by molar-refractivity contribution is 7.09. The zero-order chi connectivity index (χ0) is 16.7. The quantitative estimate of drug-likeness (QED) is 0.785. The first-order valence-corrected chi connectivity index (χ1v) is 8.16. The van der Waals surface area contributed by atoms with Gasteiger partial charge in [0.2, 0.25) is 0 Å². The summed E-state index contributed by atoms with van der Waals surface area (Å²) in [6, 6.07) is 8.39. The molecule has 122 valence electrons. The van der Waals surface area contributed by atoms with Crippen LogP contribution in [0.2, 0.25) is 0 Å². The van der Waals surface area contributed by atoms with Crippen LogP contribution in [0, 0.1) is 12.7 Å². The highest BCUT2D eigenvalue weighted by atomic mass is 32.1. The number of hydrogen-bond acceptors (Lipinski definition) is 4. The summed E-state index contributed by atoms with van der Waals surface area (Å²) >= 11 is 1.65. The molecular weight excluding hydrogens is 317 g/mol. The number of carbonyl (C=O) groups is 2. The number of nitrogens with one attached hydrogen (secondary N) is 1. The fourth-order valence-corrected chi connectivity index (χ4v) is 2.70. The molecule has 0 aliphatic carbocycles. The molecule has 1 amide bonds. The number of benzene rings is 1. The van der Waals surface area contributed by atoms with Crippen molar-refractivity contribution in [1.82, 2.24) is 0 Å². The largest absolute Gasteiger partial charge is 0.456 e. The Morgan fingerprint density at radius 3 is 2.83 bits per heavy atom. The van der Waals surface area contributed by atoms with Gasteiger partial charge in [0.15, 0.2) is 6.61 Å². The summed E-state index contributed by atoms with van der Waals surface area (Å²) in [5.74, 6) is -1.29. The summed E-state index contributed by atoms with van der Waals surface area (Å²) in [4.78, 5) is 24.5. The average molecular weight is 335 g/mol. The molecular formula is C17H18FNO3S. The van der Waals surface area contributed by atoms with Crippen molar-refractivity contribution in [3.8, 4) is 0 Å². The molecule has 0 atom stereocenters. The summed E-state index contributed by atoms with van der Waals surface area (Å²) < 4.78 is 18.3. The van der Waals surface area contributed by atoms with E-state index in [0.29, 0.717) is 17.7 Å². The third-order valence-electron chi connectivity index (χ3n) is 3.20. The molecule has 0 bridgehead atoms. The van der Waals surface area contributed by atoms with Crippen LogP contribution in [-0.2, 0) is 20.7 Å². The maximum absolute atomic E-state index is 13.4. The Bertz CT molecular complexity index is 670. The van der Waals surface area contributed by atoms with Gasteiger partial charge in [-0.25, -0.2) is 4.39 Å². The topological polar surface area (TPSA) is 55.4 Å². The smallest absolute Gasteiger partial charge is 0.306 e. The molecule has 0 saturated carbocycles. The van der Waals surface area contributed by atoms with Gasteiger partial charge in [-0.15, -0.1) is 11.3 Å². The molecule has 0 aliphatic rings. The number of anilines is 1. The van der Waals surface area contributed by atoms with E-state index in [9.17, 15) is 14.0 Å². The summed E-state index contributed by atoms with van der Waals surface area (Å²) in [5, 5.41) is 4.48. The molecule has 2 aromatic rings. The Kier molecular flexibility index (Phi) is 6.29. The SMILES string of the molecule is Cc1ccc(NC(=O)COC(=O)CCCc2cccs2)cc1F. The fraction of sp³-hybridized carbons (Fsp3) is 0.294. The lowest BCUT2D eigenvalue weighted by molar-refractivity contribution is -0.147. The number of aryl methyl sites for hydroxylation is 2. The highest BCUT2D eigenvalue weighted by Crippen LogP contribution is 2.14. The van der Waals surface area contributed by atoms with Crippen molar-refractivity contribution in [3.63, 3.8) is 0 Å². The summed E-state index contributed by atoms with van der Waals surface area (Å²) in [5.41, 5.74) is 0.840. The van der Waals surface area contributed by atoms with Crippen molar-refractivity contribution in [3.05, 3.63) is 52.0 Å². The molecule has 0 aliphatic heterocycles. The third kappa shape index (κ3) is 5.83. The van der Waals surface area contributed by atoms with Gasteiger partial charge in [-0.1, -0.05) is 12.1 Å². The predicted octanol–water partition coefficient (Wildman–Crippen LogP) is 3.70. The Labute approximate surface area is 138 Å². The van der Waals surface area contributed by atoms with E-state index in [1.165, 1.54) is 10.9 Å². The number of amides is 1. The number of thiophene rings is 1. The van der Waals surface area contributed by atoms with Crippen LogP contribution in [0.4, 0.5) is 10.1 Å². The lowest BCUT2D eigenvalue weighted by Crippen LogP contribution is -2.21. The molecule has 1 N–H and O–H groups in total. The van der Waals surface area contributed by atoms with E-state index in [2.05, 4.69) is 5.32 Å². The van der Waals surface area contributed by atoms with Gasteiger partial charge in [0, 0.05) is 17.0 Å². The standard InChI is InChI=1S/C17H18FNO3S/c1-12-7-8-13(10-15(12)18)19-16(20)11-22-17(21)6-2-4-14-5-3-9-23-14/h3,5,7-10H,2,4,6,11H2,1H3,(H,19,20). The van der Waals surface area contributed by atoms with Crippen molar-refractivity contribution in [1.29, 1.82) is 0 Å². The molecule has 1 aromatic carbocycles. The third-order valence-corrected chi connectivity index (χ3v) is 4.14. The van der Waals surface area contributed by atoms with E-state index in [1.54, 1.807) is 30.4 Å². The second-order valence-electron chi connectivity index (χ2n) is 5.11. The minimum Gasteiger partial charge on any atom is -0.456 e. The van der Waals surface area contributed by atoms with Crippen LogP contribution in [0.5, 0.6) is 0 Å². The second-order valence-corrected chi connectivity index (χ2v) is 6.14. The van der Waals surface area contributed by atoms with Crippen LogP contribution in [0.1, 0.15) is 23.3 Å². The van der Waals surface area contributed by atoms with Crippen molar-refractivity contribution in [2.24, 2.45) is 0 Å². The van der Waals surface area contributed by atoms with Gasteiger partial charge >= 0.3 is 5.97 Å². The van der Waals surface area contributed by atoms with Crippen LogP contribution in [0.25, 0.3) is 0 Å². The Hall–Kier alpha value is -2.21. The van der Waals surface area contributed by atoms with Crippen molar-refractivity contribution >= 4 is 28.9 Å². The van der Waals surface area contributed by atoms with E-state index in [4.69, 9.17) is 4.74 Å².